The largest absolute Gasteiger partial charge is 0.355 e. The Hall–Kier alpha value is -0.880. The van der Waals surface area contributed by atoms with E-state index in [0.29, 0.717) is 13.0 Å². The molecule has 1 aromatic rings. The lowest BCUT2D eigenvalue weighted by Crippen LogP contribution is -2.44. The summed E-state index contributed by atoms with van der Waals surface area (Å²) >= 11 is 1.78. The quantitative estimate of drug-likeness (QED) is 0.895. The average molecular weight is 341 g/mol. The summed E-state index contributed by atoms with van der Waals surface area (Å²) in [6.45, 7) is 0.686. The van der Waals surface area contributed by atoms with Gasteiger partial charge in [-0.2, -0.15) is 0 Å². The van der Waals surface area contributed by atoms with Crippen molar-refractivity contribution in [2.24, 2.45) is 5.92 Å². The van der Waals surface area contributed by atoms with Crippen LogP contribution in [0.2, 0.25) is 0 Å². The highest BCUT2D eigenvalue weighted by Gasteiger charge is 2.37. The maximum Gasteiger partial charge on any atom is 0.220 e. The van der Waals surface area contributed by atoms with E-state index in [9.17, 15) is 13.2 Å². The van der Waals surface area contributed by atoms with E-state index in [1.54, 1.807) is 11.3 Å². The van der Waals surface area contributed by atoms with Gasteiger partial charge in [-0.05, 0) is 30.2 Å². The molecule has 0 aromatic carbocycles. The van der Waals surface area contributed by atoms with E-state index in [2.05, 4.69) is 22.8 Å². The van der Waals surface area contributed by atoms with Crippen molar-refractivity contribution in [3.8, 4) is 0 Å². The van der Waals surface area contributed by atoms with Crippen LogP contribution in [-0.4, -0.2) is 32.4 Å². The number of rotatable bonds is 5. The summed E-state index contributed by atoms with van der Waals surface area (Å²) in [5.41, 5.74) is 0.0910. The number of thiophene rings is 1. The summed E-state index contributed by atoms with van der Waals surface area (Å²) in [6.07, 6.45) is 6.32. The Balaban J connectivity index is 1.56. The van der Waals surface area contributed by atoms with Crippen LogP contribution in [0.1, 0.15) is 43.4 Å². The van der Waals surface area contributed by atoms with Crippen molar-refractivity contribution in [2.75, 3.05) is 18.1 Å². The Kier molecular flexibility index (Phi) is 4.59. The van der Waals surface area contributed by atoms with Crippen molar-refractivity contribution in [2.45, 2.75) is 43.9 Å². The van der Waals surface area contributed by atoms with Gasteiger partial charge in [-0.15, -0.1) is 11.3 Å². The van der Waals surface area contributed by atoms with Gasteiger partial charge < -0.3 is 5.32 Å². The minimum atomic E-state index is -2.84. The van der Waals surface area contributed by atoms with Crippen molar-refractivity contribution < 1.29 is 13.2 Å². The number of carbonyl (C=O) groups is 1. The molecule has 0 bridgehead atoms. The van der Waals surface area contributed by atoms with E-state index in [1.165, 1.54) is 24.1 Å². The number of amides is 1. The minimum absolute atomic E-state index is 0.00130. The van der Waals surface area contributed by atoms with E-state index >= 15 is 0 Å². The molecule has 1 amide bonds. The van der Waals surface area contributed by atoms with Crippen LogP contribution >= 0.6 is 11.3 Å². The molecule has 1 aliphatic heterocycles. The zero-order valence-electron chi connectivity index (χ0n) is 12.7. The van der Waals surface area contributed by atoms with Crippen LogP contribution in [0.4, 0.5) is 0 Å². The molecule has 0 unspecified atom stereocenters. The number of hydrogen-bond donors (Lipinski definition) is 1. The maximum atomic E-state index is 12.1. The standard InChI is InChI=1S/C16H23NO3S2/c18-15(9-13-10-22(19,20)11-13)17-12-16(6-2-1-3-7-16)14-5-4-8-21-14/h4-5,8,13H,1-3,6-7,9-12H2,(H,17,18). The predicted octanol–water partition coefficient (Wildman–Crippen LogP) is 2.50. The van der Waals surface area contributed by atoms with Gasteiger partial charge in [0, 0.05) is 23.3 Å². The van der Waals surface area contributed by atoms with Gasteiger partial charge in [0.15, 0.2) is 9.84 Å². The summed E-state index contributed by atoms with van der Waals surface area (Å²) in [7, 11) is -2.84. The third-order valence-corrected chi connectivity index (χ3v) is 8.01. The minimum Gasteiger partial charge on any atom is -0.355 e. The van der Waals surface area contributed by atoms with Crippen LogP contribution in [0, 0.1) is 5.92 Å². The number of nitrogens with one attached hydrogen (secondary N) is 1. The van der Waals surface area contributed by atoms with Crippen molar-refractivity contribution >= 4 is 27.1 Å². The number of carbonyl (C=O) groups excluding carboxylic acids is 1. The molecule has 6 heteroatoms. The summed E-state index contributed by atoms with van der Waals surface area (Å²) in [5.74, 6) is 0.378. The van der Waals surface area contributed by atoms with Gasteiger partial charge in [-0.25, -0.2) is 8.42 Å². The SMILES string of the molecule is O=C(CC1CS(=O)(=O)C1)NCC1(c2cccs2)CCCCC1. The van der Waals surface area contributed by atoms with E-state index in [0.717, 1.165) is 12.8 Å². The van der Waals surface area contributed by atoms with Crippen molar-refractivity contribution in [1.29, 1.82) is 0 Å². The third-order valence-electron chi connectivity index (χ3n) is 4.93. The first-order valence-electron chi connectivity index (χ1n) is 8.00. The molecule has 2 aliphatic rings. The Labute approximate surface area is 136 Å². The molecule has 1 aliphatic carbocycles. The fraction of sp³-hybridized carbons (Fsp3) is 0.688. The molecular formula is C16H23NO3S2. The van der Waals surface area contributed by atoms with Crippen molar-refractivity contribution in [3.63, 3.8) is 0 Å². The molecule has 4 nitrogen and oxygen atoms in total. The molecule has 1 saturated carbocycles. The van der Waals surface area contributed by atoms with E-state index < -0.39 is 9.84 Å². The smallest absolute Gasteiger partial charge is 0.220 e. The van der Waals surface area contributed by atoms with Crippen LogP contribution in [0.3, 0.4) is 0 Å². The monoisotopic (exact) mass is 341 g/mol. The second kappa shape index (κ2) is 6.32. The lowest BCUT2D eigenvalue weighted by molar-refractivity contribution is -0.122. The molecule has 3 rings (SSSR count). The first-order valence-corrected chi connectivity index (χ1v) is 10.7. The van der Waals surface area contributed by atoms with E-state index in [4.69, 9.17) is 0 Å². The first-order chi connectivity index (χ1) is 10.5. The van der Waals surface area contributed by atoms with Gasteiger partial charge in [-0.1, -0.05) is 25.3 Å². The van der Waals surface area contributed by atoms with Crippen LogP contribution in [0.25, 0.3) is 0 Å². The fourth-order valence-corrected chi connectivity index (χ4v) is 6.27. The van der Waals surface area contributed by atoms with E-state index in [-0.39, 0.29) is 28.7 Å². The molecule has 1 N–H and O–H groups in total. The van der Waals surface area contributed by atoms with Gasteiger partial charge in [0.25, 0.3) is 0 Å². The second-order valence-electron chi connectivity index (χ2n) is 6.74. The second-order valence-corrected chi connectivity index (χ2v) is 9.84. The highest BCUT2D eigenvalue weighted by Crippen LogP contribution is 2.41. The zero-order chi connectivity index (χ0) is 15.6. The summed E-state index contributed by atoms with van der Waals surface area (Å²) in [5, 5.41) is 5.18. The molecule has 1 aromatic heterocycles. The maximum absolute atomic E-state index is 12.1. The molecular weight excluding hydrogens is 318 g/mol. The Morgan fingerprint density at radius 2 is 2.00 bits per heavy atom. The van der Waals surface area contributed by atoms with Crippen LogP contribution in [0.15, 0.2) is 17.5 Å². The Morgan fingerprint density at radius 1 is 1.27 bits per heavy atom. The average Bonchev–Trinajstić information content (AvgIpc) is 2.99. The van der Waals surface area contributed by atoms with Gasteiger partial charge in [0.05, 0.1) is 11.5 Å². The van der Waals surface area contributed by atoms with Crippen LogP contribution in [-0.2, 0) is 20.0 Å². The molecule has 22 heavy (non-hydrogen) atoms. The van der Waals surface area contributed by atoms with Crippen LogP contribution < -0.4 is 5.32 Å². The molecule has 0 atom stereocenters. The zero-order valence-corrected chi connectivity index (χ0v) is 14.3. The fourth-order valence-electron chi connectivity index (χ4n) is 3.71. The Bertz CT molecular complexity index is 604. The van der Waals surface area contributed by atoms with E-state index in [1.807, 2.05) is 0 Å². The third kappa shape index (κ3) is 3.54. The van der Waals surface area contributed by atoms with Crippen molar-refractivity contribution in [1.82, 2.24) is 5.32 Å². The molecule has 1 saturated heterocycles. The van der Waals surface area contributed by atoms with Crippen molar-refractivity contribution in [3.05, 3.63) is 22.4 Å². The predicted molar refractivity (Wildman–Crippen MR) is 88.9 cm³/mol. The first kappa shape index (κ1) is 16.0. The highest BCUT2D eigenvalue weighted by atomic mass is 32.2. The molecule has 2 fully saturated rings. The summed E-state index contributed by atoms with van der Waals surface area (Å²) in [6, 6.07) is 4.26. The van der Waals surface area contributed by atoms with Gasteiger partial charge in [0.1, 0.15) is 0 Å². The normalized spacial score (nSPS) is 23.6. The molecule has 2 heterocycles. The number of hydrogen-bond acceptors (Lipinski definition) is 4. The summed E-state index contributed by atoms with van der Waals surface area (Å²) in [4.78, 5) is 13.5. The van der Waals surface area contributed by atoms with Gasteiger partial charge in [-0.3, -0.25) is 4.79 Å². The molecule has 0 radical (unpaired) electrons. The lowest BCUT2D eigenvalue weighted by Gasteiger charge is -2.37. The molecule has 0 spiro atoms. The topological polar surface area (TPSA) is 63.2 Å². The van der Waals surface area contributed by atoms with Gasteiger partial charge >= 0.3 is 0 Å². The highest BCUT2D eigenvalue weighted by molar-refractivity contribution is 7.92. The number of sulfone groups is 1. The molecule has 122 valence electrons. The summed E-state index contributed by atoms with van der Waals surface area (Å²) < 4.78 is 22.3. The Morgan fingerprint density at radius 3 is 2.59 bits per heavy atom. The lowest BCUT2D eigenvalue weighted by atomic mass is 9.73. The van der Waals surface area contributed by atoms with Gasteiger partial charge in [0.2, 0.25) is 5.91 Å². The van der Waals surface area contributed by atoms with Crippen LogP contribution in [0.5, 0.6) is 0 Å².